The second kappa shape index (κ2) is 9.84. The Labute approximate surface area is 214 Å². The molecule has 1 spiro atoms. The van der Waals surface area contributed by atoms with E-state index in [9.17, 15) is 19.5 Å². The molecule has 3 heterocycles. The third kappa shape index (κ3) is 4.20. The van der Waals surface area contributed by atoms with Crippen molar-refractivity contribution >= 4 is 17.8 Å². The summed E-state index contributed by atoms with van der Waals surface area (Å²) in [6.07, 6.45) is 4.11. The van der Waals surface area contributed by atoms with Crippen LogP contribution in [0.15, 0.2) is 79.4 Å². The zero-order valence-corrected chi connectivity index (χ0v) is 20.4. The average molecular weight is 505 g/mol. The number of hydrogen-bond donors (Lipinski definition) is 1. The molecule has 1 N–H and O–H groups in total. The number of ether oxygens (including phenoxy) is 2. The van der Waals surface area contributed by atoms with Gasteiger partial charge in [-0.15, -0.1) is 6.58 Å². The van der Waals surface area contributed by atoms with Crippen molar-refractivity contribution < 1.29 is 33.8 Å². The minimum Gasteiger partial charge on any atom is -0.497 e. The maximum Gasteiger partial charge on any atom is 0.310 e. The van der Waals surface area contributed by atoms with E-state index in [1.165, 1.54) is 0 Å². The third-order valence-corrected chi connectivity index (χ3v) is 7.16. The number of aliphatic carboxylic acids is 1. The molecule has 0 aromatic heterocycles. The predicted molar refractivity (Wildman–Crippen MR) is 132 cm³/mol. The van der Waals surface area contributed by atoms with Crippen LogP contribution in [0.5, 0.6) is 5.75 Å². The van der Waals surface area contributed by atoms with Gasteiger partial charge in [-0.2, -0.15) is 0 Å². The van der Waals surface area contributed by atoms with Gasteiger partial charge in [0.15, 0.2) is 6.04 Å². The van der Waals surface area contributed by atoms with E-state index in [0.717, 1.165) is 16.2 Å². The molecule has 2 bridgehead atoms. The van der Waals surface area contributed by atoms with Crippen LogP contribution in [0.1, 0.15) is 11.1 Å². The molecule has 192 valence electrons. The van der Waals surface area contributed by atoms with Crippen molar-refractivity contribution in [3.05, 3.63) is 90.5 Å². The molecule has 0 saturated carbocycles. The second-order valence-corrected chi connectivity index (χ2v) is 9.32. The van der Waals surface area contributed by atoms with Gasteiger partial charge in [0.1, 0.15) is 23.9 Å². The molecular weight excluding hydrogens is 476 g/mol. The van der Waals surface area contributed by atoms with Gasteiger partial charge >= 0.3 is 5.97 Å². The number of hydrogen-bond acceptors (Lipinski definition) is 6. The minimum absolute atomic E-state index is 0.00661. The molecule has 3 aliphatic rings. The van der Waals surface area contributed by atoms with E-state index in [4.69, 9.17) is 14.3 Å². The Kier molecular flexibility index (Phi) is 6.57. The molecule has 9 heteroatoms. The van der Waals surface area contributed by atoms with Crippen LogP contribution in [-0.4, -0.2) is 64.3 Å². The summed E-state index contributed by atoms with van der Waals surface area (Å²) in [6, 6.07) is 15.4. The van der Waals surface area contributed by atoms with E-state index in [2.05, 4.69) is 6.58 Å². The lowest BCUT2D eigenvalue weighted by atomic mass is 9.74. The number of carboxylic acids is 1. The van der Waals surface area contributed by atoms with E-state index >= 15 is 0 Å². The zero-order chi connectivity index (χ0) is 26.2. The fourth-order valence-corrected chi connectivity index (χ4v) is 5.47. The van der Waals surface area contributed by atoms with Gasteiger partial charge in [0.2, 0.25) is 0 Å². The van der Waals surface area contributed by atoms with Crippen molar-refractivity contribution in [2.24, 2.45) is 11.8 Å². The second-order valence-electron chi connectivity index (χ2n) is 9.32. The largest absolute Gasteiger partial charge is 0.497 e. The number of methoxy groups -OCH3 is 1. The smallest absolute Gasteiger partial charge is 0.310 e. The number of fused-ring (bicyclic) bond motifs is 1. The Bertz CT molecular complexity index is 1230. The van der Waals surface area contributed by atoms with E-state index in [0.29, 0.717) is 5.75 Å². The third-order valence-electron chi connectivity index (χ3n) is 7.16. The van der Waals surface area contributed by atoms with Crippen molar-refractivity contribution in [2.75, 3.05) is 13.7 Å². The lowest BCUT2D eigenvalue weighted by molar-refractivity contribution is -0.210. The van der Waals surface area contributed by atoms with Gasteiger partial charge in [-0.1, -0.05) is 60.7 Å². The molecule has 0 aliphatic carbocycles. The summed E-state index contributed by atoms with van der Waals surface area (Å²) in [7, 11) is 1.56. The van der Waals surface area contributed by atoms with Crippen LogP contribution in [0.3, 0.4) is 0 Å². The lowest BCUT2D eigenvalue weighted by Crippen LogP contribution is -2.55. The quantitative estimate of drug-likeness (QED) is 0.496. The maximum absolute atomic E-state index is 14.1. The highest BCUT2D eigenvalue weighted by Gasteiger charge is 2.74. The molecule has 2 aromatic rings. The van der Waals surface area contributed by atoms with E-state index < -0.39 is 47.4 Å². The van der Waals surface area contributed by atoms with Crippen LogP contribution in [0.4, 0.5) is 0 Å². The van der Waals surface area contributed by atoms with E-state index in [-0.39, 0.29) is 19.7 Å². The highest BCUT2D eigenvalue weighted by Crippen LogP contribution is 2.55. The van der Waals surface area contributed by atoms with Gasteiger partial charge in [0.05, 0.1) is 19.1 Å². The zero-order valence-electron chi connectivity index (χ0n) is 20.4. The summed E-state index contributed by atoms with van der Waals surface area (Å²) >= 11 is 0. The van der Waals surface area contributed by atoms with E-state index in [1.807, 2.05) is 30.3 Å². The molecule has 2 amide bonds. The summed E-state index contributed by atoms with van der Waals surface area (Å²) in [6.45, 7) is 4.28. The molecular formula is C28H28N2O7. The standard InChI is InChI=1S/C28H28N2O7/c1-3-15-29(16-18-7-5-4-6-8-18)26(32)24-28-14-13-21(37-28)22(27(33)34)23(28)25(31)30(24)36-17-19-9-11-20(35-2)12-10-19/h3-14,21-24H,1,15-17H2,2H3,(H,33,34)/t21-,22+,23+,24-,28+/m0/s1. The summed E-state index contributed by atoms with van der Waals surface area (Å²) in [5.41, 5.74) is 0.215. The van der Waals surface area contributed by atoms with E-state index in [1.54, 1.807) is 54.5 Å². The molecule has 2 fully saturated rings. The average Bonchev–Trinajstić information content (AvgIpc) is 3.55. The molecule has 2 saturated heterocycles. The van der Waals surface area contributed by atoms with Gasteiger partial charge in [0, 0.05) is 13.1 Å². The van der Waals surface area contributed by atoms with Gasteiger partial charge in [0.25, 0.3) is 11.8 Å². The van der Waals surface area contributed by atoms with Crippen LogP contribution in [-0.2, 0) is 37.1 Å². The molecule has 3 aliphatic heterocycles. The first-order valence-corrected chi connectivity index (χ1v) is 12.0. The van der Waals surface area contributed by atoms with Gasteiger partial charge in [-0.05, 0) is 23.3 Å². The topological polar surface area (TPSA) is 106 Å². The number of carbonyl (C=O) groups is 3. The van der Waals surface area contributed by atoms with Crippen molar-refractivity contribution in [1.82, 2.24) is 9.96 Å². The van der Waals surface area contributed by atoms with Gasteiger partial charge < -0.3 is 19.5 Å². The minimum atomic E-state index is -1.43. The molecule has 2 aromatic carbocycles. The number of hydroxylamine groups is 2. The first-order chi connectivity index (χ1) is 17.9. The Balaban J connectivity index is 1.48. The molecule has 37 heavy (non-hydrogen) atoms. The maximum atomic E-state index is 14.1. The Morgan fingerprint density at radius 3 is 2.54 bits per heavy atom. The number of amides is 2. The van der Waals surface area contributed by atoms with Crippen molar-refractivity contribution in [3.63, 3.8) is 0 Å². The van der Waals surface area contributed by atoms with Crippen LogP contribution in [0.2, 0.25) is 0 Å². The van der Waals surface area contributed by atoms with Crippen LogP contribution in [0.25, 0.3) is 0 Å². The Hall–Kier alpha value is -3.95. The SMILES string of the molecule is C=CCN(Cc1ccccc1)C(=O)[C@@H]1N(OCc2ccc(OC)cc2)C(=O)[C@H]2[C@H](C(=O)O)[C@@H]3C=C[C@]12O3. The Morgan fingerprint density at radius 2 is 1.89 bits per heavy atom. The van der Waals surface area contributed by atoms with Gasteiger partial charge in [-0.3, -0.25) is 19.2 Å². The van der Waals surface area contributed by atoms with Crippen molar-refractivity contribution in [3.8, 4) is 5.75 Å². The summed E-state index contributed by atoms with van der Waals surface area (Å²) in [4.78, 5) is 47.5. The molecule has 0 unspecified atom stereocenters. The lowest BCUT2D eigenvalue weighted by Gasteiger charge is -2.35. The fraction of sp³-hybridized carbons (Fsp3) is 0.321. The number of benzene rings is 2. The highest BCUT2D eigenvalue weighted by atomic mass is 16.7. The summed E-state index contributed by atoms with van der Waals surface area (Å²) in [5.74, 6) is -3.65. The number of carbonyl (C=O) groups excluding carboxylic acids is 2. The Morgan fingerprint density at radius 1 is 1.16 bits per heavy atom. The molecule has 9 nitrogen and oxygen atoms in total. The van der Waals surface area contributed by atoms with Crippen LogP contribution < -0.4 is 4.74 Å². The normalized spacial score (nSPS) is 27.3. The first kappa shape index (κ1) is 24.7. The van der Waals surface area contributed by atoms with Gasteiger partial charge in [-0.25, -0.2) is 5.06 Å². The van der Waals surface area contributed by atoms with Crippen molar-refractivity contribution in [2.45, 2.75) is 30.9 Å². The summed E-state index contributed by atoms with van der Waals surface area (Å²) < 4.78 is 11.3. The number of rotatable bonds is 10. The molecule has 5 rings (SSSR count). The highest BCUT2D eigenvalue weighted by molar-refractivity contribution is 5.98. The number of carboxylic acid groups (broad SMARTS) is 1. The van der Waals surface area contributed by atoms with Crippen LogP contribution >= 0.6 is 0 Å². The predicted octanol–water partition coefficient (Wildman–Crippen LogP) is 2.58. The number of nitrogens with zero attached hydrogens (tertiary/aromatic N) is 2. The molecule has 0 radical (unpaired) electrons. The monoisotopic (exact) mass is 504 g/mol. The fourth-order valence-electron chi connectivity index (χ4n) is 5.47. The van der Waals surface area contributed by atoms with Crippen LogP contribution in [0, 0.1) is 11.8 Å². The molecule has 5 atom stereocenters. The first-order valence-electron chi connectivity index (χ1n) is 12.0. The van der Waals surface area contributed by atoms with Crippen molar-refractivity contribution in [1.29, 1.82) is 0 Å². The summed E-state index contributed by atoms with van der Waals surface area (Å²) in [5, 5.41) is 10.9.